The Bertz CT molecular complexity index is 105. The zero-order chi connectivity index (χ0) is 7.56. The van der Waals surface area contributed by atoms with E-state index < -0.39 is 0 Å². The summed E-state index contributed by atoms with van der Waals surface area (Å²) >= 11 is 0. The van der Waals surface area contributed by atoms with Crippen LogP contribution in [0.5, 0.6) is 0 Å². The molecule has 1 heterocycles. The maximum absolute atomic E-state index is 5.63. The molecule has 0 unspecified atom stereocenters. The van der Waals surface area contributed by atoms with Gasteiger partial charge in [0.15, 0.2) is 0 Å². The van der Waals surface area contributed by atoms with Crippen molar-refractivity contribution in [3.8, 4) is 0 Å². The van der Waals surface area contributed by atoms with E-state index >= 15 is 0 Å². The first-order chi connectivity index (χ1) is 4.74. The van der Waals surface area contributed by atoms with Crippen molar-refractivity contribution in [2.45, 2.75) is 44.9 Å². The van der Waals surface area contributed by atoms with Gasteiger partial charge in [0.25, 0.3) is 0 Å². The standard InChI is InChI=1S/C8H17NO/c1-6-4-5-8(9-3)7(2)10-6/h6-9H,4-5H2,1-3H3/t6-,7+,8-/m0/s1. The lowest BCUT2D eigenvalue weighted by atomic mass is 10.0. The molecule has 0 aliphatic carbocycles. The van der Waals surface area contributed by atoms with Gasteiger partial charge < -0.3 is 10.1 Å². The molecular weight excluding hydrogens is 126 g/mol. The van der Waals surface area contributed by atoms with Crippen LogP contribution >= 0.6 is 0 Å². The number of rotatable bonds is 1. The van der Waals surface area contributed by atoms with E-state index in [0.29, 0.717) is 18.2 Å². The lowest BCUT2D eigenvalue weighted by molar-refractivity contribution is -0.0478. The van der Waals surface area contributed by atoms with E-state index in [1.807, 2.05) is 7.05 Å². The summed E-state index contributed by atoms with van der Waals surface area (Å²) in [6.45, 7) is 4.28. The van der Waals surface area contributed by atoms with Gasteiger partial charge in [-0.25, -0.2) is 0 Å². The fourth-order valence-electron chi connectivity index (χ4n) is 1.56. The smallest absolute Gasteiger partial charge is 0.0703 e. The molecule has 0 aromatic rings. The first kappa shape index (κ1) is 8.02. The molecule has 0 radical (unpaired) electrons. The molecule has 0 saturated carbocycles. The highest BCUT2D eigenvalue weighted by atomic mass is 16.5. The maximum atomic E-state index is 5.63. The molecular formula is C8H17NO. The van der Waals surface area contributed by atoms with Crippen molar-refractivity contribution in [3.05, 3.63) is 0 Å². The molecule has 0 amide bonds. The Morgan fingerprint density at radius 3 is 2.50 bits per heavy atom. The Labute approximate surface area is 63.0 Å². The van der Waals surface area contributed by atoms with Crippen LogP contribution in [0.2, 0.25) is 0 Å². The summed E-state index contributed by atoms with van der Waals surface area (Å²) in [7, 11) is 2.00. The molecule has 3 atom stereocenters. The van der Waals surface area contributed by atoms with E-state index in [2.05, 4.69) is 19.2 Å². The third kappa shape index (κ3) is 1.70. The van der Waals surface area contributed by atoms with Crippen molar-refractivity contribution in [1.29, 1.82) is 0 Å². The van der Waals surface area contributed by atoms with Crippen LogP contribution < -0.4 is 5.32 Å². The van der Waals surface area contributed by atoms with E-state index in [1.165, 1.54) is 12.8 Å². The molecule has 0 spiro atoms. The van der Waals surface area contributed by atoms with Crippen molar-refractivity contribution in [1.82, 2.24) is 5.32 Å². The molecule has 1 saturated heterocycles. The molecule has 10 heavy (non-hydrogen) atoms. The second-order valence-electron chi connectivity index (χ2n) is 3.12. The van der Waals surface area contributed by atoms with Gasteiger partial charge in [-0.05, 0) is 33.7 Å². The normalized spacial score (nSPS) is 41.7. The van der Waals surface area contributed by atoms with Gasteiger partial charge in [-0.1, -0.05) is 0 Å². The van der Waals surface area contributed by atoms with E-state index in [0.717, 1.165) is 0 Å². The van der Waals surface area contributed by atoms with E-state index in [9.17, 15) is 0 Å². The molecule has 1 N–H and O–H groups in total. The Kier molecular flexibility index (Phi) is 2.69. The highest BCUT2D eigenvalue weighted by molar-refractivity contribution is 4.78. The van der Waals surface area contributed by atoms with Crippen LogP contribution in [0.3, 0.4) is 0 Å². The maximum Gasteiger partial charge on any atom is 0.0703 e. The molecule has 1 rings (SSSR count). The predicted molar refractivity (Wildman–Crippen MR) is 42.1 cm³/mol. The van der Waals surface area contributed by atoms with Crippen LogP contribution in [0, 0.1) is 0 Å². The van der Waals surface area contributed by atoms with Crippen LogP contribution in [0.4, 0.5) is 0 Å². The topological polar surface area (TPSA) is 21.3 Å². The highest BCUT2D eigenvalue weighted by Gasteiger charge is 2.23. The lowest BCUT2D eigenvalue weighted by Gasteiger charge is -2.32. The summed E-state index contributed by atoms with van der Waals surface area (Å²) in [6.07, 6.45) is 3.28. The molecule has 1 fully saturated rings. The average molecular weight is 143 g/mol. The number of ether oxygens (including phenoxy) is 1. The minimum absolute atomic E-state index is 0.383. The Morgan fingerprint density at radius 2 is 2.00 bits per heavy atom. The average Bonchev–Trinajstić information content (AvgIpc) is 1.88. The van der Waals surface area contributed by atoms with Crippen molar-refractivity contribution >= 4 is 0 Å². The molecule has 0 bridgehead atoms. The zero-order valence-electron chi connectivity index (χ0n) is 7.05. The molecule has 0 aromatic heterocycles. The second kappa shape index (κ2) is 3.35. The minimum Gasteiger partial charge on any atom is -0.374 e. The van der Waals surface area contributed by atoms with Crippen molar-refractivity contribution < 1.29 is 4.74 Å². The number of hydrogen-bond acceptors (Lipinski definition) is 2. The third-order valence-corrected chi connectivity index (χ3v) is 2.27. The summed E-state index contributed by atoms with van der Waals surface area (Å²) < 4.78 is 5.63. The summed E-state index contributed by atoms with van der Waals surface area (Å²) in [6, 6.07) is 0.566. The van der Waals surface area contributed by atoms with Gasteiger partial charge in [-0.15, -0.1) is 0 Å². The SMILES string of the molecule is CN[C@H]1CC[C@H](C)O[C@@H]1C. The summed E-state index contributed by atoms with van der Waals surface area (Å²) in [5, 5.41) is 3.25. The Hall–Kier alpha value is -0.0800. The van der Waals surface area contributed by atoms with Crippen LogP contribution in [0.1, 0.15) is 26.7 Å². The van der Waals surface area contributed by atoms with E-state index in [1.54, 1.807) is 0 Å². The molecule has 60 valence electrons. The van der Waals surface area contributed by atoms with Gasteiger partial charge in [-0.3, -0.25) is 0 Å². The van der Waals surface area contributed by atoms with Gasteiger partial charge >= 0.3 is 0 Å². The molecule has 1 aliphatic rings. The van der Waals surface area contributed by atoms with Crippen LogP contribution in [-0.4, -0.2) is 25.3 Å². The van der Waals surface area contributed by atoms with Crippen molar-refractivity contribution in [3.63, 3.8) is 0 Å². The van der Waals surface area contributed by atoms with Gasteiger partial charge in [0.2, 0.25) is 0 Å². The summed E-state index contributed by atoms with van der Waals surface area (Å²) in [4.78, 5) is 0. The largest absolute Gasteiger partial charge is 0.374 e. The minimum atomic E-state index is 0.383. The van der Waals surface area contributed by atoms with Crippen molar-refractivity contribution in [2.75, 3.05) is 7.05 Å². The predicted octanol–water partition coefficient (Wildman–Crippen LogP) is 1.16. The Morgan fingerprint density at radius 1 is 1.30 bits per heavy atom. The first-order valence-electron chi connectivity index (χ1n) is 4.06. The fraction of sp³-hybridized carbons (Fsp3) is 1.00. The summed E-state index contributed by atoms with van der Waals surface area (Å²) in [5.41, 5.74) is 0. The lowest BCUT2D eigenvalue weighted by Crippen LogP contribution is -2.43. The third-order valence-electron chi connectivity index (χ3n) is 2.27. The van der Waals surface area contributed by atoms with Gasteiger partial charge in [0.05, 0.1) is 12.2 Å². The first-order valence-corrected chi connectivity index (χ1v) is 4.06. The second-order valence-corrected chi connectivity index (χ2v) is 3.12. The quantitative estimate of drug-likeness (QED) is 0.594. The summed E-state index contributed by atoms with van der Waals surface area (Å²) in [5.74, 6) is 0. The zero-order valence-corrected chi connectivity index (χ0v) is 7.05. The molecule has 1 aliphatic heterocycles. The number of nitrogens with one attached hydrogen (secondary N) is 1. The van der Waals surface area contributed by atoms with Crippen molar-refractivity contribution in [2.24, 2.45) is 0 Å². The van der Waals surface area contributed by atoms with E-state index in [-0.39, 0.29) is 0 Å². The van der Waals surface area contributed by atoms with Crippen LogP contribution in [-0.2, 0) is 4.74 Å². The van der Waals surface area contributed by atoms with Crippen LogP contribution in [0.15, 0.2) is 0 Å². The van der Waals surface area contributed by atoms with Gasteiger partial charge in [0.1, 0.15) is 0 Å². The van der Waals surface area contributed by atoms with E-state index in [4.69, 9.17) is 4.74 Å². The molecule has 0 aromatic carbocycles. The fourth-order valence-corrected chi connectivity index (χ4v) is 1.56. The van der Waals surface area contributed by atoms with Crippen LogP contribution in [0.25, 0.3) is 0 Å². The van der Waals surface area contributed by atoms with Gasteiger partial charge in [0, 0.05) is 6.04 Å². The highest BCUT2D eigenvalue weighted by Crippen LogP contribution is 2.18. The number of likely N-dealkylation sites (N-methyl/N-ethyl adjacent to an activating group) is 1. The molecule has 2 heteroatoms. The number of hydrogen-bond donors (Lipinski definition) is 1. The molecule has 2 nitrogen and oxygen atoms in total. The Balaban J connectivity index is 2.36. The van der Waals surface area contributed by atoms with Gasteiger partial charge in [-0.2, -0.15) is 0 Å². The monoisotopic (exact) mass is 143 g/mol.